The van der Waals surface area contributed by atoms with Gasteiger partial charge in [-0.15, -0.1) is 10.1 Å². The van der Waals surface area contributed by atoms with E-state index < -0.39 is 11.2 Å². The first-order valence-corrected chi connectivity index (χ1v) is 2.73. The van der Waals surface area contributed by atoms with E-state index in [1.54, 1.807) is 0 Å². The lowest BCUT2D eigenvalue weighted by Gasteiger charge is -2.05. The SMILES string of the molecule is O=[N+]([O-])OC[C@H](O)CCO. The van der Waals surface area contributed by atoms with Gasteiger partial charge in [-0.3, -0.25) is 0 Å². The van der Waals surface area contributed by atoms with Crippen LogP contribution in [0.25, 0.3) is 0 Å². The Hall–Kier alpha value is -0.880. The van der Waals surface area contributed by atoms with E-state index in [0.717, 1.165) is 0 Å². The third kappa shape index (κ3) is 5.26. The summed E-state index contributed by atoms with van der Waals surface area (Å²) in [5, 5.41) is 25.5. The molecule has 6 nitrogen and oxygen atoms in total. The van der Waals surface area contributed by atoms with Crippen LogP contribution in [0.1, 0.15) is 6.42 Å². The molecule has 0 radical (unpaired) electrons. The Morgan fingerprint density at radius 1 is 1.70 bits per heavy atom. The van der Waals surface area contributed by atoms with Gasteiger partial charge in [0.15, 0.2) is 0 Å². The van der Waals surface area contributed by atoms with Crippen LogP contribution in [0.5, 0.6) is 0 Å². The number of hydrogen-bond acceptors (Lipinski definition) is 5. The van der Waals surface area contributed by atoms with Crippen molar-refractivity contribution >= 4 is 0 Å². The summed E-state index contributed by atoms with van der Waals surface area (Å²) in [6.45, 7) is -0.587. The standard InChI is InChI=1S/C4H9NO5/c6-2-1-4(7)3-10-5(8)9/h4,6-7H,1-3H2/t4-/m1/s1. The van der Waals surface area contributed by atoms with Gasteiger partial charge in [0.05, 0.1) is 6.10 Å². The summed E-state index contributed by atoms with van der Waals surface area (Å²) in [5.41, 5.74) is 0. The van der Waals surface area contributed by atoms with Crippen molar-refractivity contribution in [3.8, 4) is 0 Å². The fraction of sp³-hybridized carbons (Fsp3) is 1.00. The maximum Gasteiger partial charge on any atom is 0.294 e. The van der Waals surface area contributed by atoms with Crippen LogP contribution < -0.4 is 0 Å². The van der Waals surface area contributed by atoms with Gasteiger partial charge in [0.1, 0.15) is 6.61 Å². The molecule has 0 spiro atoms. The largest absolute Gasteiger partial charge is 0.396 e. The third-order valence-corrected chi connectivity index (χ3v) is 0.835. The summed E-state index contributed by atoms with van der Waals surface area (Å²) in [4.78, 5) is 13.3. The van der Waals surface area contributed by atoms with Gasteiger partial charge >= 0.3 is 0 Å². The Kier molecular flexibility index (Phi) is 4.51. The van der Waals surface area contributed by atoms with E-state index >= 15 is 0 Å². The lowest BCUT2D eigenvalue weighted by Crippen LogP contribution is -2.18. The third-order valence-electron chi connectivity index (χ3n) is 0.835. The summed E-state index contributed by atoms with van der Waals surface area (Å²) in [6, 6.07) is 0. The van der Waals surface area contributed by atoms with Gasteiger partial charge in [-0.2, -0.15) is 0 Å². The number of aliphatic hydroxyl groups is 2. The summed E-state index contributed by atoms with van der Waals surface area (Å²) < 4.78 is 0. The van der Waals surface area contributed by atoms with Crippen LogP contribution in [0.4, 0.5) is 0 Å². The van der Waals surface area contributed by atoms with E-state index in [1.165, 1.54) is 0 Å². The average Bonchev–Trinajstić information content (AvgIpc) is 1.85. The van der Waals surface area contributed by atoms with Gasteiger partial charge in [-0.1, -0.05) is 0 Å². The topological polar surface area (TPSA) is 92.8 Å². The van der Waals surface area contributed by atoms with Gasteiger partial charge < -0.3 is 15.1 Å². The zero-order chi connectivity index (χ0) is 7.98. The van der Waals surface area contributed by atoms with E-state index in [4.69, 9.17) is 10.2 Å². The predicted octanol–water partition coefficient (Wildman–Crippen LogP) is -1.06. The second-order valence-electron chi connectivity index (χ2n) is 1.69. The van der Waals surface area contributed by atoms with E-state index in [0.29, 0.717) is 0 Å². The molecule has 0 saturated heterocycles. The van der Waals surface area contributed by atoms with Gasteiger partial charge in [-0.25, -0.2) is 0 Å². The maximum atomic E-state index is 9.52. The first-order chi connectivity index (χ1) is 4.66. The zero-order valence-corrected chi connectivity index (χ0v) is 5.27. The molecule has 0 aromatic heterocycles. The highest BCUT2D eigenvalue weighted by Crippen LogP contribution is 1.90. The Morgan fingerprint density at radius 3 is 2.70 bits per heavy atom. The summed E-state index contributed by atoms with van der Waals surface area (Å²) in [6.07, 6.45) is -0.871. The van der Waals surface area contributed by atoms with Crippen molar-refractivity contribution in [2.45, 2.75) is 12.5 Å². The number of rotatable bonds is 5. The highest BCUT2D eigenvalue weighted by atomic mass is 17.0. The summed E-state index contributed by atoms with van der Waals surface area (Å²) >= 11 is 0. The van der Waals surface area contributed by atoms with Crippen LogP contribution in [0.15, 0.2) is 0 Å². The van der Waals surface area contributed by atoms with Gasteiger partial charge in [-0.05, 0) is 6.42 Å². The average molecular weight is 151 g/mol. The molecule has 0 amide bonds. The van der Waals surface area contributed by atoms with Crippen molar-refractivity contribution in [1.29, 1.82) is 0 Å². The molecular weight excluding hydrogens is 142 g/mol. The molecular formula is C4H9NO5. The molecule has 0 fully saturated rings. The smallest absolute Gasteiger partial charge is 0.294 e. The Labute approximate surface area is 57.1 Å². The van der Waals surface area contributed by atoms with E-state index in [2.05, 4.69) is 4.84 Å². The first-order valence-electron chi connectivity index (χ1n) is 2.73. The van der Waals surface area contributed by atoms with Crippen LogP contribution in [-0.2, 0) is 4.84 Å². The van der Waals surface area contributed by atoms with E-state index in [-0.39, 0.29) is 19.6 Å². The van der Waals surface area contributed by atoms with Crippen LogP contribution in [-0.4, -0.2) is 34.6 Å². The number of hydrogen-bond donors (Lipinski definition) is 2. The molecule has 0 aromatic rings. The van der Waals surface area contributed by atoms with Crippen molar-refractivity contribution < 1.29 is 20.1 Å². The van der Waals surface area contributed by atoms with Crippen LogP contribution in [0, 0.1) is 10.1 Å². The first kappa shape index (κ1) is 9.12. The summed E-state index contributed by atoms with van der Waals surface area (Å²) in [5.74, 6) is 0. The highest BCUT2D eigenvalue weighted by Gasteiger charge is 2.04. The van der Waals surface area contributed by atoms with Gasteiger partial charge in [0.25, 0.3) is 5.09 Å². The second kappa shape index (κ2) is 4.95. The zero-order valence-electron chi connectivity index (χ0n) is 5.27. The molecule has 0 unspecified atom stereocenters. The van der Waals surface area contributed by atoms with Crippen LogP contribution >= 0.6 is 0 Å². The molecule has 0 aliphatic carbocycles. The van der Waals surface area contributed by atoms with Crippen molar-refractivity contribution in [2.75, 3.05) is 13.2 Å². The Bertz CT molecular complexity index is 106. The molecule has 0 aliphatic rings. The van der Waals surface area contributed by atoms with Crippen molar-refractivity contribution in [3.63, 3.8) is 0 Å². The number of nitrogens with zero attached hydrogens (tertiary/aromatic N) is 1. The summed E-state index contributed by atoms with van der Waals surface area (Å²) in [7, 11) is 0. The molecule has 0 heterocycles. The van der Waals surface area contributed by atoms with Crippen LogP contribution in [0.3, 0.4) is 0 Å². The van der Waals surface area contributed by atoms with Crippen molar-refractivity contribution in [2.24, 2.45) is 0 Å². The minimum absolute atomic E-state index is 0.0911. The molecule has 60 valence electrons. The highest BCUT2D eigenvalue weighted by molar-refractivity contribution is 4.49. The van der Waals surface area contributed by atoms with E-state index in [1.807, 2.05) is 0 Å². The molecule has 6 heteroatoms. The Morgan fingerprint density at radius 2 is 2.30 bits per heavy atom. The molecule has 0 saturated carbocycles. The minimum Gasteiger partial charge on any atom is -0.396 e. The van der Waals surface area contributed by atoms with Crippen molar-refractivity contribution in [1.82, 2.24) is 0 Å². The lowest BCUT2D eigenvalue weighted by molar-refractivity contribution is -0.759. The quantitative estimate of drug-likeness (QED) is 0.386. The molecule has 0 aromatic carbocycles. The van der Waals surface area contributed by atoms with Gasteiger partial charge in [0.2, 0.25) is 0 Å². The van der Waals surface area contributed by atoms with Gasteiger partial charge in [0, 0.05) is 6.61 Å². The monoisotopic (exact) mass is 151 g/mol. The molecule has 0 bridgehead atoms. The molecule has 0 rings (SSSR count). The normalized spacial score (nSPS) is 12.6. The fourth-order valence-corrected chi connectivity index (χ4v) is 0.379. The second-order valence-corrected chi connectivity index (χ2v) is 1.69. The fourth-order valence-electron chi connectivity index (χ4n) is 0.379. The number of aliphatic hydroxyl groups excluding tert-OH is 2. The molecule has 10 heavy (non-hydrogen) atoms. The van der Waals surface area contributed by atoms with Crippen LogP contribution in [0.2, 0.25) is 0 Å². The maximum absolute atomic E-state index is 9.52. The Balaban J connectivity index is 3.21. The predicted molar refractivity (Wildman–Crippen MR) is 30.7 cm³/mol. The minimum atomic E-state index is -0.986. The van der Waals surface area contributed by atoms with E-state index in [9.17, 15) is 10.1 Å². The molecule has 0 aliphatic heterocycles. The lowest BCUT2D eigenvalue weighted by atomic mass is 10.3. The molecule has 2 N–H and O–H groups in total. The van der Waals surface area contributed by atoms with Crippen molar-refractivity contribution in [3.05, 3.63) is 10.1 Å². The molecule has 1 atom stereocenters.